The molecule has 5 aliphatic heterocycles. The molecule has 0 saturated heterocycles. The second-order valence-corrected chi connectivity index (χ2v) is 24.8. The SMILES string of the molecule is CCC(CC(=O)Oc1ccccc1C1=CC2=CC3=NC(=CC4=NC(=CC5=NC(=C(c6ccccc6OC(=O)CC(CC)C(C)C)C1=N2)C(c1ccccc1OC(=O)CC(CC)C(C)C)=C5c1ccccc1OC(=O)CC(CC)C(C)C)C=C4)C=C3)C(C)C. The highest BCUT2D eigenvalue weighted by molar-refractivity contribution is 6.51. The van der Waals surface area contributed by atoms with Gasteiger partial charge in [-0.2, -0.15) is 0 Å². The summed E-state index contributed by atoms with van der Waals surface area (Å²) in [5.41, 5.74) is 8.32. The third-order valence-electron chi connectivity index (χ3n) is 17.6. The molecule has 4 unspecified atom stereocenters. The fraction of sp³-hybridized carbons (Fsp3) is 0.368. The number of hydrogen-bond acceptors (Lipinski definition) is 12. The third-order valence-corrected chi connectivity index (χ3v) is 17.6. The lowest BCUT2D eigenvalue weighted by Gasteiger charge is -2.22. The van der Waals surface area contributed by atoms with Gasteiger partial charge in [0.25, 0.3) is 0 Å². The molecule has 4 aromatic carbocycles. The molecule has 8 bridgehead atoms. The summed E-state index contributed by atoms with van der Waals surface area (Å²) >= 11 is 0. The van der Waals surface area contributed by atoms with Crippen LogP contribution < -0.4 is 18.9 Å². The smallest absolute Gasteiger partial charge is 0.311 e. The number of benzene rings is 4. The fourth-order valence-electron chi connectivity index (χ4n) is 12.1. The van der Waals surface area contributed by atoms with Crippen LogP contribution in [0.4, 0.5) is 0 Å². The second-order valence-electron chi connectivity index (χ2n) is 24.8. The number of ether oxygens (including phenoxy) is 4. The van der Waals surface area contributed by atoms with Gasteiger partial charge in [-0.3, -0.25) is 19.2 Å². The third kappa shape index (κ3) is 15.0. The predicted molar refractivity (Wildman–Crippen MR) is 355 cm³/mol. The van der Waals surface area contributed by atoms with Crippen molar-refractivity contribution < 1.29 is 38.1 Å². The van der Waals surface area contributed by atoms with Crippen molar-refractivity contribution in [1.82, 2.24) is 0 Å². The van der Waals surface area contributed by atoms with E-state index in [1.165, 1.54) is 0 Å². The number of rotatable bonds is 24. The van der Waals surface area contributed by atoms with E-state index in [2.05, 4.69) is 83.1 Å². The van der Waals surface area contributed by atoms with Crippen LogP contribution >= 0.6 is 0 Å². The minimum absolute atomic E-state index is 0.0562. The van der Waals surface area contributed by atoms with Crippen molar-refractivity contribution >= 4 is 69.0 Å². The first-order valence-electron chi connectivity index (χ1n) is 31.6. The molecule has 0 radical (unpaired) electrons. The number of aliphatic imine (C=N–C) groups is 4. The van der Waals surface area contributed by atoms with Crippen molar-refractivity contribution in [1.29, 1.82) is 0 Å². The molecular weight excluding hydrogens is 1100 g/mol. The molecule has 0 amide bonds. The Labute approximate surface area is 520 Å². The zero-order valence-electron chi connectivity index (χ0n) is 53.2. The summed E-state index contributed by atoms with van der Waals surface area (Å²) in [5.74, 6) is 0.810. The largest absolute Gasteiger partial charge is 0.426 e. The van der Waals surface area contributed by atoms with Crippen molar-refractivity contribution in [3.63, 3.8) is 0 Å². The van der Waals surface area contributed by atoms with Crippen molar-refractivity contribution in [3.8, 4) is 23.0 Å². The number of carbonyl (C=O) groups excluding carboxylic acids is 4. The Kier molecular flexibility index (Phi) is 21.0. The zero-order valence-corrected chi connectivity index (χ0v) is 53.2. The molecule has 0 aromatic heterocycles. The van der Waals surface area contributed by atoms with Gasteiger partial charge in [0.05, 0.1) is 45.6 Å². The number of hydrogen-bond donors (Lipinski definition) is 0. The highest BCUT2D eigenvalue weighted by Crippen LogP contribution is 2.51. The van der Waals surface area contributed by atoms with Crippen molar-refractivity contribution in [3.05, 3.63) is 191 Å². The molecule has 9 rings (SSSR count). The van der Waals surface area contributed by atoms with E-state index in [4.69, 9.17) is 38.9 Å². The van der Waals surface area contributed by atoms with Crippen molar-refractivity contribution in [2.24, 2.45) is 67.3 Å². The number of nitrogens with zero attached hydrogens (tertiary/aromatic N) is 4. The van der Waals surface area contributed by atoms with Crippen molar-refractivity contribution in [2.75, 3.05) is 0 Å². The van der Waals surface area contributed by atoms with Crippen LogP contribution in [0.15, 0.2) is 188 Å². The lowest BCUT2D eigenvalue weighted by Crippen LogP contribution is -2.19. The van der Waals surface area contributed by atoms with E-state index in [1.54, 1.807) is 24.3 Å². The Morgan fingerprint density at radius 1 is 0.364 bits per heavy atom. The summed E-state index contributed by atoms with van der Waals surface area (Å²) in [4.78, 5) is 79.1. The Balaban J connectivity index is 1.42. The van der Waals surface area contributed by atoms with Gasteiger partial charge < -0.3 is 18.9 Å². The highest BCUT2D eigenvalue weighted by Gasteiger charge is 2.38. The molecule has 5 aliphatic rings. The minimum atomic E-state index is -0.406. The normalized spacial score (nSPS) is 16.6. The quantitative estimate of drug-likeness (QED) is 0.0496. The molecule has 4 atom stereocenters. The van der Waals surface area contributed by atoms with E-state index < -0.39 is 11.9 Å². The molecule has 0 fully saturated rings. The molecule has 4 aromatic rings. The number of fused-ring (bicyclic) bond motifs is 4. The molecule has 0 aliphatic carbocycles. The molecule has 0 N–H and O–H groups in total. The number of para-hydroxylation sites is 4. The van der Waals surface area contributed by atoms with E-state index in [0.717, 1.165) is 25.7 Å². The van der Waals surface area contributed by atoms with Gasteiger partial charge in [-0.15, -0.1) is 0 Å². The lowest BCUT2D eigenvalue weighted by atomic mass is 9.85. The molecule has 12 heteroatoms. The van der Waals surface area contributed by atoms with Gasteiger partial charge in [0.1, 0.15) is 23.0 Å². The van der Waals surface area contributed by atoms with E-state index in [1.807, 2.05) is 121 Å². The highest BCUT2D eigenvalue weighted by atomic mass is 16.5. The first-order chi connectivity index (χ1) is 42.4. The number of esters is 4. The van der Waals surface area contributed by atoms with Crippen molar-refractivity contribution in [2.45, 2.75) is 134 Å². The standard InChI is InChI=1S/C76H84N4O8/c1-13-49(45(5)6)37-68(81)85-64-29-21-17-25-58(64)62-43-57-42-55-34-33-53(77-55)41-54-35-36-56(78-54)44-63-72(59-26-18-22-30-65(59)86-69(82)38-50(14-2)46(7)8)73(60-27-19-23-31-66(60)87-70(83)39-51(15-3)47(9)10)76(80-63)74(75(62)79-57)61-28-20-24-32-67(61)88-71(84)40-52(16-4)48(11)12/h17-36,41-52H,13-16,37-40H2,1-12H3. The van der Waals surface area contributed by atoms with E-state index in [0.29, 0.717) is 102 Å². The van der Waals surface area contributed by atoms with Crippen LogP contribution in [0, 0.1) is 47.3 Å². The Morgan fingerprint density at radius 3 is 1.10 bits per heavy atom. The van der Waals surface area contributed by atoms with Crippen LogP contribution in [0.3, 0.4) is 0 Å². The Bertz CT molecular complexity index is 3750. The van der Waals surface area contributed by atoms with Gasteiger partial charge in [0, 0.05) is 70.2 Å². The monoisotopic (exact) mass is 1180 g/mol. The van der Waals surface area contributed by atoms with Gasteiger partial charge in [0.15, 0.2) is 0 Å². The maximum absolute atomic E-state index is 14.5. The molecule has 88 heavy (non-hydrogen) atoms. The Hall–Kier alpha value is -8.64. The van der Waals surface area contributed by atoms with Crippen LogP contribution in [0.2, 0.25) is 0 Å². The minimum Gasteiger partial charge on any atom is -0.426 e. The van der Waals surface area contributed by atoms with Crippen LogP contribution in [-0.4, -0.2) is 46.7 Å². The van der Waals surface area contributed by atoms with Gasteiger partial charge in [-0.25, -0.2) is 20.0 Å². The van der Waals surface area contributed by atoms with Gasteiger partial charge in [0.2, 0.25) is 0 Å². The fourth-order valence-corrected chi connectivity index (χ4v) is 12.1. The summed E-state index contributed by atoms with van der Waals surface area (Å²) in [6.07, 6.45) is 19.3. The first kappa shape index (κ1) is 63.9. The van der Waals surface area contributed by atoms with E-state index >= 15 is 0 Å². The maximum Gasteiger partial charge on any atom is 0.311 e. The summed E-state index contributed by atoms with van der Waals surface area (Å²) in [7, 11) is 0. The number of allylic oxidation sites excluding steroid dienone is 12. The van der Waals surface area contributed by atoms with Gasteiger partial charge >= 0.3 is 23.9 Å². The lowest BCUT2D eigenvalue weighted by molar-refractivity contribution is -0.136. The predicted octanol–water partition coefficient (Wildman–Crippen LogP) is 17.6. The second kappa shape index (κ2) is 28.9. The summed E-state index contributed by atoms with van der Waals surface area (Å²) in [5, 5.41) is 0. The zero-order chi connectivity index (χ0) is 62.8. The number of carbonyl (C=O) groups is 4. The molecule has 0 spiro atoms. The van der Waals surface area contributed by atoms with Crippen LogP contribution in [0.25, 0.3) is 22.3 Å². The average Bonchev–Trinajstić information content (AvgIpc) is 1.79. The summed E-state index contributed by atoms with van der Waals surface area (Å²) < 4.78 is 26.2. The molecule has 456 valence electrons. The van der Waals surface area contributed by atoms with Crippen LogP contribution in [-0.2, 0) is 19.2 Å². The van der Waals surface area contributed by atoms with Gasteiger partial charge in [-0.1, -0.05) is 182 Å². The Morgan fingerprint density at radius 2 is 0.705 bits per heavy atom. The average molecular weight is 1180 g/mol. The molecule has 5 heterocycles. The first-order valence-corrected chi connectivity index (χ1v) is 31.6. The summed E-state index contributed by atoms with van der Waals surface area (Å²) in [6.45, 7) is 25.3. The van der Waals surface area contributed by atoms with Gasteiger partial charge in [-0.05, 0) is 120 Å². The molecule has 12 nitrogen and oxygen atoms in total. The van der Waals surface area contributed by atoms with E-state index in [9.17, 15) is 19.2 Å². The molecular formula is C76H84N4O8. The maximum atomic E-state index is 14.5. The van der Waals surface area contributed by atoms with Crippen LogP contribution in [0.1, 0.15) is 157 Å². The topological polar surface area (TPSA) is 155 Å². The summed E-state index contributed by atoms with van der Waals surface area (Å²) in [6, 6.07) is 29.7. The van der Waals surface area contributed by atoms with Crippen LogP contribution in [0.5, 0.6) is 23.0 Å². The van der Waals surface area contributed by atoms with E-state index in [-0.39, 0.29) is 96.5 Å². The molecule has 0 saturated carbocycles.